The van der Waals surface area contributed by atoms with Crippen molar-refractivity contribution in [2.24, 2.45) is 0 Å². The summed E-state index contributed by atoms with van der Waals surface area (Å²) in [5.41, 5.74) is 8.63. The molecule has 254 valence electrons. The smallest absolute Gasteiger partial charge is 0.317 e. The number of nitrogens with zero attached hydrogens (tertiary/aromatic N) is 4. The molecule has 4 heterocycles. The summed E-state index contributed by atoms with van der Waals surface area (Å²) in [4.78, 5) is 59.5. The average Bonchev–Trinajstić information content (AvgIpc) is 3.42. The van der Waals surface area contributed by atoms with Gasteiger partial charge in [0.05, 0.1) is 25.1 Å². The van der Waals surface area contributed by atoms with Crippen LogP contribution >= 0.6 is 0 Å². The fourth-order valence-electron chi connectivity index (χ4n) is 6.81. The Morgan fingerprint density at radius 3 is 2.54 bits per heavy atom. The van der Waals surface area contributed by atoms with Crippen LogP contribution in [0.5, 0.6) is 0 Å². The highest BCUT2D eigenvalue weighted by atomic mass is 16.5. The number of nitrogens with one attached hydrogen (secondary N) is 3. The summed E-state index contributed by atoms with van der Waals surface area (Å²) in [5.74, 6) is 6.29. The van der Waals surface area contributed by atoms with Crippen molar-refractivity contribution in [3.8, 4) is 11.8 Å². The van der Waals surface area contributed by atoms with E-state index >= 15 is 0 Å². The minimum absolute atomic E-state index is 0.0236. The van der Waals surface area contributed by atoms with Gasteiger partial charge in [0.25, 0.3) is 5.91 Å². The van der Waals surface area contributed by atoms with Crippen molar-refractivity contribution >= 4 is 35.3 Å². The summed E-state index contributed by atoms with van der Waals surface area (Å²) < 4.78 is 5.78. The molecule has 1 unspecified atom stereocenters. The van der Waals surface area contributed by atoms with Gasteiger partial charge in [-0.15, -0.1) is 0 Å². The molecule has 3 fully saturated rings. The highest BCUT2D eigenvalue weighted by Crippen LogP contribution is 2.28. The molecular formula is C35H44N8O5. The van der Waals surface area contributed by atoms with E-state index in [4.69, 9.17) is 10.5 Å². The lowest BCUT2D eigenvalue weighted by molar-refractivity contribution is -0.136. The molecule has 13 nitrogen and oxygen atoms in total. The minimum Gasteiger partial charge on any atom is -0.397 e. The van der Waals surface area contributed by atoms with Gasteiger partial charge in [0.15, 0.2) is 0 Å². The molecule has 4 aliphatic rings. The molecule has 0 spiro atoms. The lowest BCUT2D eigenvalue weighted by Gasteiger charge is -2.37. The van der Waals surface area contributed by atoms with Gasteiger partial charge in [-0.2, -0.15) is 0 Å². The minimum atomic E-state index is -0.621. The molecular weight excluding hydrogens is 612 g/mol. The molecule has 5 N–H and O–H groups in total. The topological polar surface area (TPSA) is 162 Å². The van der Waals surface area contributed by atoms with Crippen LogP contribution in [0.1, 0.15) is 66.4 Å². The highest BCUT2D eigenvalue weighted by Gasteiger charge is 2.39. The lowest BCUT2D eigenvalue weighted by Crippen LogP contribution is -2.54. The van der Waals surface area contributed by atoms with Crippen LogP contribution in [-0.4, -0.2) is 103 Å². The summed E-state index contributed by atoms with van der Waals surface area (Å²) in [6.45, 7) is 5.09. The molecule has 0 bridgehead atoms. The fourth-order valence-corrected chi connectivity index (χ4v) is 6.81. The van der Waals surface area contributed by atoms with Crippen LogP contribution in [0, 0.1) is 11.8 Å². The normalized spacial score (nSPS) is 22.5. The number of carbonyl (C=O) groups is 4. The third-order valence-electron chi connectivity index (χ3n) is 9.52. The Morgan fingerprint density at radius 2 is 1.79 bits per heavy atom. The van der Waals surface area contributed by atoms with Crippen LogP contribution in [0.25, 0.3) is 0 Å². The van der Waals surface area contributed by atoms with Gasteiger partial charge in [-0.05, 0) is 68.0 Å². The van der Waals surface area contributed by atoms with E-state index < -0.39 is 11.9 Å². The van der Waals surface area contributed by atoms with Crippen LogP contribution in [0.15, 0.2) is 36.5 Å². The Hall–Kier alpha value is -4.67. The van der Waals surface area contributed by atoms with E-state index in [0.717, 1.165) is 62.3 Å². The number of piperazine rings is 1. The highest BCUT2D eigenvalue weighted by molar-refractivity contribution is 6.05. The maximum absolute atomic E-state index is 12.9. The van der Waals surface area contributed by atoms with Crippen LogP contribution in [0.4, 0.5) is 16.3 Å². The first-order chi connectivity index (χ1) is 23.3. The van der Waals surface area contributed by atoms with Gasteiger partial charge in [-0.3, -0.25) is 19.7 Å². The second-order valence-electron chi connectivity index (χ2n) is 12.8. The van der Waals surface area contributed by atoms with E-state index in [9.17, 15) is 19.2 Å². The number of pyridine rings is 1. The van der Waals surface area contributed by atoms with Crippen LogP contribution in [0.3, 0.4) is 0 Å². The number of carbonyl (C=O) groups excluding carboxylic acids is 4. The number of anilines is 2. The molecule has 13 heteroatoms. The average molecular weight is 657 g/mol. The zero-order valence-corrected chi connectivity index (χ0v) is 27.2. The van der Waals surface area contributed by atoms with Crippen molar-refractivity contribution in [1.29, 1.82) is 0 Å². The maximum atomic E-state index is 12.9. The second kappa shape index (κ2) is 15.5. The number of nitrogens with two attached hydrogens (primary N) is 1. The van der Waals surface area contributed by atoms with Crippen molar-refractivity contribution < 1.29 is 23.9 Å². The van der Waals surface area contributed by atoms with E-state index in [0.29, 0.717) is 63.0 Å². The van der Waals surface area contributed by atoms with Gasteiger partial charge >= 0.3 is 6.03 Å². The van der Waals surface area contributed by atoms with E-state index in [1.807, 2.05) is 29.2 Å². The third kappa shape index (κ3) is 8.24. The number of imide groups is 1. The predicted octanol–water partition coefficient (Wildman–Crippen LogP) is 1.62. The Labute approximate surface area is 280 Å². The van der Waals surface area contributed by atoms with Crippen molar-refractivity contribution in [1.82, 2.24) is 30.7 Å². The number of hydrogen-bond donors (Lipinski definition) is 4. The molecule has 0 radical (unpaired) electrons. The van der Waals surface area contributed by atoms with Gasteiger partial charge in [0, 0.05) is 75.3 Å². The Kier molecular flexibility index (Phi) is 10.7. The number of nitrogen functional groups attached to an aromatic ring is 1. The number of hydrogen-bond acceptors (Lipinski definition) is 9. The van der Waals surface area contributed by atoms with Gasteiger partial charge in [-0.1, -0.05) is 11.8 Å². The Balaban J connectivity index is 0.819. The number of amides is 5. The first-order valence-corrected chi connectivity index (χ1v) is 16.9. The number of aromatic nitrogens is 1. The molecule has 2 saturated heterocycles. The number of piperidine rings is 1. The molecule has 1 aromatic heterocycles. The molecule has 1 saturated carbocycles. The van der Waals surface area contributed by atoms with E-state index in [1.54, 1.807) is 17.2 Å². The SMILES string of the molecule is Nc1ccc(N2CCN(C(=O)N[C@H]3CC[C@@H](NCCOCCC#Cc4ccc5c(c4)CN(C4CCC(=O)NC4=O)C5=O)CC3)CC2)nc1. The Bertz CT molecular complexity index is 1550. The number of rotatable bonds is 9. The lowest BCUT2D eigenvalue weighted by atomic mass is 9.91. The van der Waals surface area contributed by atoms with Gasteiger partial charge in [0.1, 0.15) is 11.9 Å². The van der Waals surface area contributed by atoms with Gasteiger partial charge in [-0.25, -0.2) is 9.78 Å². The predicted molar refractivity (Wildman–Crippen MR) is 180 cm³/mol. The first kappa shape index (κ1) is 33.2. The molecule has 1 atom stereocenters. The monoisotopic (exact) mass is 656 g/mol. The summed E-state index contributed by atoms with van der Waals surface area (Å²) in [7, 11) is 0. The van der Waals surface area contributed by atoms with Gasteiger partial charge < -0.3 is 35.8 Å². The molecule has 3 aliphatic heterocycles. The zero-order chi connectivity index (χ0) is 33.5. The largest absolute Gasteiger partial charge is 0.397 e. The Morgan fingerprint density at radius 1 is 1.00 bits per heavy atom. The van der Waals surface area contributed by atoms with Gasteiger partial charge in [0.2, 0.25) is 11.8 Å². The van der Waals surface area contributed by atoms with Crippen molar-refractivity contribution in [2.75, 3.05) is 56.6 Å². The molecule has 48 heavy (non-hydrogen) atoms. The number of urea groups is 1. The third-order valence-corrected chi connectivity index (χ3v) is 9.52. The van der Waals surface area contributed by atoms with E-state index in [1.165, 1.54) is 0 Å². The summed E-state index contributed by atoms with van der Waals surface area (Å²) in [6, 6.07) is 9.30. The standard InChI is InChI=1S/C35H44N8O5/c36-26-5-12-31(38-22-26)41-15-17-42(18-16-41)35(47)39-28-8-6-27(7-9-28)37-14-20-48-19-2-1-3-24-4-10-29-25(21-24)23-43(34(29)46)30-11-13-32(44)40-33(30)45/h4-5,10,12,21-22,27-28,30,37H,2,6-9,11,13-20,23,36H2,(H,39,47)(H,40,44,45)/t27-,28+,30?. The molecule has 2 aromatic rings. The first-order valence-electron chi connectivity index (χ1n) is 16.9. The van der Waals surface area contributed by atoms with E-state index in [2.05, 4.69) is 37.7 Å². The summed E-state index contributed by atoms with van der Waals surface area (Å²) in [5, 5.41) is 9.15. The molecule has 6 rings (SSSR count). The summed E-state index contributed by atoms with van der Waals surface area (Å²) in [6.07, 6.45) is 6.79. The number of benzene rings is 1. The van der Waals surface area contributed by atoms with Crippen molar-refractivity contribution in [3.05, 3.63) is 53.2 Å². The van der Waals surface area contributed by atoms with Crippen molar-refractivity contribution in [2.45, 2.75) is 69.6 Å². The van der Waals surface area contributed by atoms with E-state index in [-0.39, 0.29) is 30.3 Å². The quantitative estimate of drug-likeness (QED) is 0.179. The fraction of sp³-hybridized carbons (Fsp3) is 0.514. The number of ether oxygens (including phenoxy) is 1. The van der Waals surface area contributed by atoms with Crippen LogP contribution in [0.2, 0.25) is 0 Å². The molecule has 1 aromatic carbocycles. The van der Waals surface area contributed by atoms with Crippen LogP contribution < -0.4 is 26.6 Å². The zero-order valence-electron chi connectivity index (χ0n) is 27.2. The van der Waals surface area contributed by atoms with Crippen LogP contribution in [-0.2, 0) is 20.9 Å². The maximum Gasteiger partial charge on any atom is 0.317 e. The molecule has 1 aliphatic carbocycles. The second-order valence-corrected chi connectivity index (χ2v) is 12.8. The summed E-state index contributed by atoms with van der Waals surface area (Å²) >= 11 is 0. The van der Waals surface area contributed by atoms with Crippen molar-refractivity contribution in [3.63, 3.8) is 0 Å². The number of fused-ring (bicyclic) bond motifs is 1. The molecule has 5 amide bonds.